The summed E-state index contributed by atoms with van der Waals surface area (Å²) >= 11 is 0. The van der Waals surface area contributed by atoms with E-state index in [0.29, 0.717) is 0 Å². The molecule has 0 unspecified atom stereocenters. The molecule has 4 fully saturated rings. The third kappa shape index (κ3) is 2.21. The number of hydrogen-bond acceptors (Lipinski definition) is 4. The van der Waals surface area contributed by atoms with Crippen LogP contribution in [-0.4, -0.2) is 12.3 Å². The highest BCUT2D eigenvalue weighted by Gasteiger charge is 2.51. The van der Waals surface area contributed by atoms with Crippen LogP contribution in [0.2, 0.25) is 0 Å². The first-order chi connectivity index (χ1) is 11.2. The molecule has 4 bridgehead atoms. The standard InChI is InChI=1S/C19H22N2O2/c20-10-16(15-1-2-17-18(6-15)23-11-22-17)21-19-7-12-3-13(8-19)5-14(4-12)9-19/h1-2,6,12-14,16,21H,3-5,7-9,11H2/t12?,13?,14?,16-,19?/m1/s1. The van der Waals surface area contributed by atoms with Crippen LogP contribution in [0.5, 0.6) is 11.5 Å². The lowest BCUT2D eigenvalue weighted by Gasteiger charge is -2.57. The third-order valence-electron chi connectivity index (χ3n) is 6.35. The van der Waals surface area contributed by atoms with Crippen LogP contribution in [0.15, 0.2) is 18.2 Å². The van der Waals surface area contributed by atoms with Crippen LogP contribution in [0.1, 0.15) is 50.1 Å². The predicted octanol–water partition coefficient (Wildman–Crippen LogP) is 3.54. The van der Waals surface area contributed by atoms with E-state index in [0.717, 1.165) is 34.8 Å². The Bertz CT molecular complexity index is 643. The van der Waals surface area contributed by atoms with Gasteiger partial charge in [0, 0.05) is 5.54 Å². The zero-order valence-corrected chi connectivity index (χ0v) is 13.3. The summed E-state index contributed by atoms with van der Waals surface area (Å²) in [4.78, 5) is 0. The Morgan fingerprint density at radius 3 is 2.35 bits per heavy atom. The second-order valence-corrected chi connectivity index (χ2v) is 8.02. The Kier molecular flexibility index (Phi) is 2.90. The smallest absolute Gasteiger partial charge is 0.231 e. The molecule has 1 aromatic carbocycles. The fourth-order valence-electron chi connectivity index (χ4n) is 5.88. The van der Waals surface area contributed by atoms with Gasteiger partial charge >= 0.3 is 0 Å². The van der Waals surface area contributed by atoms with Crippen molar-refractivity contribution in [1.29, 1.82) is 5.26 Å². The Balaban J connectivity index is 1.41. The number of nitrogens with zero attached hydrogens (tertiary/aromatic N) is 1. The largest absolute Gasteiger partial charge is 0.454 e. The van der Waals surface area contributed by atoms with Gasteiger partial charge in [0.05, 0.1) is 6.07 Å². The fraction of sp³-hybridized carbons (Fsp3) is 0.632. The highest BCUT2D eigenvalue weighted by molar-refractivity contribution is 5.46. The van der Waals surface area contributed by atoms with Crippen LogP contribution in [0.3, 0.4) is 0 Å². The van der Waals surface area contributed by atoms with Crippen molar-refractivity contribution in [3.05, 3.63) is 23.8 Å². The Hall–Kier alpha value is -1.73. The van der Waals surface area contributed by atoms with E-state index in [1.54, 1.807) is 0 Å². The average Bonchev–Trinajstić information content (AvgIpc) is 2.99. The lowest BCUT2D eigenvalue weighted by Crippen LogP contribution is -2.58. The maximum absolute atomic E-state index is 9.75. The number of fused-ring (bicyclic) bond motifs is 1. The van der Waals surface area contributed by atoms with Gasteiger partial charge in [0.25, 0.3) is 0 Å². The fourth-order valence-corrected chi connectivity index (χ4v) is 5.88. The molecule has 0 amide bonds. The van der Waals surface area contributed by atoms with E-state index in [4.69, 9.17) is 9.47 Å². The summed E-state index contributed by atoms with van der Waals surface area (Å²) in [5.74, 6) is 4.18. The van der Waals surface area contributed by atoms with E-state index in [1.165, 1.54) is 38.5 Å². The first-order valence-corrected chi connectivity index (χ1v) is 8.80. The van der Waals surface area contributed by atoms with Crippen LogP contribution in [-0.2, 0) is 0 Å². The molecular formula is C19H22N2O2. The maximum Gasteiger partial charge on any atom is 0.231 e. The molecule has 4 heteroatoms. The van der Waals surface area contributed by atoms with Crippen molar-refractivity contribution in [2.75, 3.05) is 6.79 Å². The Morgan fingerprint density at radius 1 is 1.04 bits per heavy atom. The molecule has 4 saturated carbocycles. The first kappa shape index (κ1) is 13.7. The molecule has 1 aromatic rings. The molecule has 5 aliphatic rings. The van der Waals surface area contributed by atoms with Crippen LogP contribution in [0, 0.1) is 29.1 Å². The van der Waals surface area contributed by atoms with E-state index in [2.05, 4.69) is 11.4 Å². The predicted molar refractivity (Wildman–Crippen MR) is 85.0 cm³/mol. The van der Waals surface area contributed by atoms with E-state index in [9.17, 15) is 5.26 Å². The summed E-state index contributed by atoms with van der Waals surface area (Å²) in [7, 11) is 0. The minimum atomic E-state index is -0.263. The maximum atomic E-state index is 9.75. The molecule has 0 radical (unpaired) electrons. The molecular weight excluding hydrogens is 288 g/mol. The van der Waals surface area contributed by atoms with Crippen molar-refractivity contribution >= 4 is 0 Å². The van der Waals surface area contributed by atoms with Crippen LogP contribution in [0.4, 0.5) is 0 Å². The van der Waals surface area contributed by atoms with Gasteiger partial charge in [-0.15, -0.1) is 0 Å². The van der Waals surface area contributed by atoms with Crippen molar-refractivity contribution in [2.45, 2.75) is 50.1 Å². The zero-order valence-electron chi connectivity index (χ0n) is 13.3. The van der Waals surface area contributed by atoms with Crippen LogP contribution < -0.4 is 14.8 Å². The van der Waals surface area contributed by atoms with Crippen LogP contribution in [0.25, 0.3) is 0 Å². The monoisotopic (exact) mass is 310 g/mol. The van der Waals surface area contributed by atoms with Crippen molar-refractivity contribution in [1.82, 2.24) is 5.32 Å². The zero-order chi connectivity index (χ0) is 15.4. The summed E-state index contributed by atoms with van der Waals surface area (Å²) in [5, 5.41) is 13.5. The lowest BCUT2D eigenvalue weighted by molar-refractivity contribution is -0.0226. The molecule has 23 heavy (non-hydrogen) atoms. The van der Waals surface area contributed by atoms with E-state index >= 15 is 0 Å². The second kappa shape index (κ2) is 4.88. The molecule has 1 atom stereocenters. The molecule has 120 valence electrons. The summed E-state index contributed by atoms with van der Waals surface area (Å²) in [6, 6.07) is 8.09. The first-order valence-electron chi connectivity index (χ1n) is 8.80. The summed E-state index contributed by atoms with van der Waals surface area (Å²) < 4.78 is 10.8. The second-order valence-electron chi connectivity index (χ2n) is 8.02. The van der Waals surface area contributed by atoms with Gasteiger partial charge in [0.15, 0.2) is 11.5 Å². The van der Waals surface area contributed by atoms with Gasteiger partial charge in [-0.1, -0.05) is 6.07 Å². The van der Waals surface area contributed by atoms with E-state index in [1.807, 2.05) is 18.2 Å². The molecule has 6 rings (SSSR count). The Labute approximate surface area is 136 Å². The third-order valence-corrected chi connectivity index (χ3v) is 6.35. The van der Waals surface area contributed by atoms with Gasteiger partial charge in [0.2, 0.25) is 6.79 Å². The van der Waals surface area contributed by atoms with E-state index in [-0.39, 0.29) is 18.4 Å². The molecule has 1 heterocycles. The Morgan fingerprint density at radius 2 is 1.70 bits per heavy atom. The molecule has 0 saturated heterocycles. The topological polar surface area (TPSA) is 54.3 Å². The number of nitrogens with one attached hydrogen (secondary N) is 1. The molecule has 4 aliphatic carbocycles. The van der Waals surface area contributed by atoms with Gasteiger partial charge in [-0.25, -0.2) is 0 Å². The normalized spacial score (nSPS) is 37.6. The quantitative estimate of drug-likeness (QED) is 0.928. The van der Waals surface area contributed by atoms with Crippen LogP contribution >= 0.6 is 0 Å². The number of rotatable bonds is 3. The van der Waals surface area contributed by atoms with Gasteiger partial charge < -0.3 is 9.47 Å². The molecule has 1 N–H and O–H groups in total. The van der Waals surface area contributed by atoms with Crippen molar-refractivity contribution < 1.29 is 9.47 Å². The van der Waals surface area contributed by atoms with Gasteiger partial charge in [-0.05, 0) is 74.0 Å². The van der Waals surface area contributed by atoms with Gasteiger partial charge in [0.1, 0.15) is 6.04 Å². The average molecular weight is 310 g/mol. The van der Waals surface area contributed by atoms with Gasteiger partial charge in [-0.3, -0.25) is 5.32 Å². The summed E-state index contributed by atoms with van der Waals surface area (Å²) in [5.41, 5.74) is 1.18. The SMILES string of the molecule is N#C[C@@H](NC12CC3CC(CC(C3)C1)C2)c1ccc2c(c1)OCO2. The van der Waals surface area contributed by atoms with Gasteiger partial charge in [-0.2, -0.15) is 5.26 Å². The minimum Gasteiger partial charge on any atom is -0.454 e. The number of benzene rings is 1. The number of hydrogen-bond donors (Lipinski definition) is 1. The van der Waals surface area contributed by atoms with Crippen molar-refractivity contribution in [3.63, 3.8) is 0 Å². The van der Waals surface area contributed by atoms with Crippen molar-refractivity contribution in [3.8, 4) is 17.6 Å². The highest BCUT2D eigenvalue weighted by Crippen LogP contribution is 2.56. The minimum absolute atomic E-state index is 0.186. The number of nitriles is 1. The number of ether oxygens (including phenoxy) is 2. The summed E-state index contributed by atoms with van der Waals surface area (Å²) in [6.45, 7) is 0.276. The van der Waals surface area contributed by atoms with Crippen molar-refractivity contribution in [2.24, 2.45) is 17.8 Å². The molecule has 0 aromatic heterocycles. The highest BCUT2D eigenvalue weighted by atomic mass is 16.7. The lowest BCUT2D eigenvalue weighted by atomic mass is 9.53. The van der Waals surface area contributed by atoms with E-state index < -0.39 is 0 Å². The molecule has 0 spiro atoms. The molecule has 4 nitrogen and oxygen atoms in total. The molecule has 1 aliphatic heterocycles. The summed E-state index contributed by atoms with van der Waals surface area (Å²) in [6.07, 6.45) is 8.01.